The lowest BCUT2D eigenvalue weighted by molar-refractivity contribution is 0.0628. The largest absolute Gasteiger partial charge is 0.412 e. The Hall–Kier alpha value is -0.280. The van der Waals surface area contributed by atoms with E-state index in [0.717, 1.165) is 32.0 Å². The van der Waals surface area contributed by atoms with Gasteiger partial charge in [-0.3, -0.25) is 10.6 Å². The number of ether oxygens (including phenoxy) is 2. The molecule has 3 atom stereocenters. The highest BCUT2D eigenvalue weighted by Crippen LogP contribution is 2.22. The van der Waals surface area contributed by atoms with Crippen LogP contribution in [0.5, 0.6) is 0 Å². The van der Waals surface area contributed by atoms with E-state index in [1.54, 1.807) is 7.11 Å². The van der Waals surface area contributed by atoms with E-state index in [-0.39, 0.29) is 17.6 Å². The summed E-state index contributed by atoms with van der Waals surface area (Å²) >= 11 is 0. The van der Waals surface area contributed by atoms with E-state index in [1.165, 1.54) is 12.8 Å². The molecule has 7 heteroatoms. The maximum Gasteiger partial charge on any atom is 0.0965 e. The minimum absolute atomic E-state index is 0. The number of aliphatic hydroxyl groups is 1. The molecule has 0 heterocycles. The monoisotopic (exact) mass is 370 g/mol. The molecule has 0 radical (unpaired) electrons. The molecule has 0 rings (SSSR count). The molecule has 0 amide bonds. The van der Waals surface area contributed by atoms with Gasteiger partial charge < -0.3 is 25.5 Å². The van der Waals surface area contributed by atoms with Gasteiger partial charge in [-0.2, -0.15) is 0 Å². The minimum atomic E-state index is 0. The van der Waals surface area contributed by atoms with Gasteiger partial charge in [-0.1, -0.05) is 41.0 Å². The highest BCUT2D eigenvalue weighted by molar-refractivity contribution is 4.66. The van der Waals surface area contributed by atoms with Crippen molar-refractivity contribution in [3.05, 3.63) is 0 Å². The Balaban J connectivity index is -0.000000210. The van der Waals surface area contributed by atoms with E-state index in [1.807, 2.05) is 0 Å². The van der Waals surface area contributed by atoms with Crippen LogP contribution in [-0.4, -0.2) is 62.9 Å². The van der Waals surface area contributed by atoms with Crippen LogP contribution in [0.1, 0.15) is 53.9 Å². The third-order valence-electron chi connectivity index (χ3n) is 4.21. The standard InChI is InChI=1S/C13H29NO2.C5H13NO.2H2O/c1-5-11(2)13(4)12(3)9-16-10-14-7-6-8-15;1-3-4-6-5-7-2;;/h11-15H,5-10H2,1-4H3;6H,3-5H2,1-2H3;2*1H2. The molecule has 25 heavy (non-hydrogen) atoms. The summed E-state index contributed by atoms with van der Waals surface area (Å²) in [5.74, 6) is 2.08. The number of nitrogens with one attached hydrogen (secondary N) is 2. The molecule has 0 spiro atoms. The quantitative estimate of drug-likeness (QED) is 0.313. The predicted octanol–water partition coefficient (Wildman–Crippen LogP) is 1.19. The van der Waals surface area contributed by atoms with E-state index in [0.29, 0.717) is 25.3 Å². The molecule has 0 saturated heterocycles. The van der Waals surface area contributed by atoms with Crippen LogP contribution in [0.15, 0.2) is 0 Å². The van der Waals surface area contributed by atoms with E-state index in [9.17, 15) is 0 Å². The first-order valence-corrected chi connectivity index (χ1v) is 9.13. The van der Waals surface area contributed by atoms with Crippen LogP contribution in [0.4, 0.5) is 0 Å². The Bertz CT molecular complexity index is 220. The highest BCUT2D eigenvalue weighted by Gasteiger charge is 2.17. The molecule has 0 saturated carbocycles. The van der Waals surface area contributed by atoms with Crippen LogP contribution in [0.2, 0.25) is 0 Å². The maximum absolute atomic E-state index is 8.59. The highest BCUT2D eigenvalue weighted by atomic mass is 16.5. The number of hydrogen-bond acceptors (Lipinski definition) is 5. The smallest absolute Gasteiger partial charge is 0.0965 e. The van der Waals surface area contributed by atoms with Gasteiger partial charge in [0.15, 0.2) is 0 Å². The zero-order valence-corrected chi connectivity index (χ0v) is 17.4. The van der Waals surface area contributed by atoms with E-state index >= 15 is 0 Å². The molecule has 0 aromatic heterocycles. The van der Waals surface area contributed by atoms with Crippen LogP contribution in [0.25, 0.3) is 0 Å². The number of hydrogen-bond donors (Lipinski definition) is 3. The fourth-order valence-electron chi connectivity index (χ4n) is 2.03. The summed E-state index contributed by atoms with van der Waals surface area (Å²) in [6.07, 6.45) is 3.20. The van der Waals surface area contributed by atoms with Gasteiger partial charge in [0, 0.05) is 13.7 Å². The molecule has 0 aliphatic rings. The van der Waals surface area contributed by atoms with E-state index in [2.05, 4.69) is 45.3 Å². The normalized spacial score (nSPS) is 13.6. The third kappa shape index (κ3) is 23.7. The Labute approximate surface area is 155 Å². The molecule has 0 fully saturated rings. The predicted molar refractivity (Wildman–Crippen MR) is 106 cm³/mol. The van der Waals surface area contributed by atoms with Crippen LogP contribution < -0.4 is 10.6 Å². The SMILES string of the molecule is CCC(C)C(C)C(C)COCNCCCO.CCCNCOC.O.O. The Kier molecular flexibility index (Phi) is 33.6. The van der Waals surface area contributed by atoms with Crippen molar-refractivity contribution in [2.45, 2.75) is 53.9 Å². The lowest BCUT2D eigenvalue weighted by Crippen LogP contribution is -2.25. The van der Waals surface area contributed by atoms with Gasteiger partial charge in [0.2, 0.25) is 0 Å². The van der Waals surface area contributed by atoms with E-state index in [4.69, 9.17) is 14.6 Å². The number of aliphatic hydroxyl groups excluding tert-OH is 1. The molecule has 0 aromatic rings. The van der Waals surface area contributed by atoms with Crippen molar-refractivity contribution in [1.82, 2.24) is 10.6 Å². The third-order valence-corrected chi connectivity index (χ3v) is 4.21. The van der Waals surface area contributed by atoms with Crippen molar-refractivity contribution in [2.24, 2.45) is 17.8 Å². The Morgan fingerprint density at radius 1 is 0.920 bits per heavy atom. The summed E-state index contributed by atoms with van der Waals surface area (Å²) in [5.41, 5.74) is 0. The van der Waals surface area contributed by atoms with Crippen LogP contribution in [-0.2, 0) is 9.47 Å². The van der Waals surface area contributed by atoms with Crippen molar-refractivity contribution in [3.8, 4) is 0 Å². The molecule has 7 N–H and O–H groups in total. The van der Waals surface area contributed by atoms with Crippen LogP contribution in [0.3, 0.4) is 0 Å². The zero-order chi connectivity index (χ0) is 17.9. The summed E-state index contributed by atoms with van der Waals surface area (Å²) < 4.78 is 10.3. The molecule has 0 bridgehead atoms. The lowest BCUT2D eigenvalue weighted by Gasteiger charge is -2.25. The Morgan fingerprint density at radius 2 is 1.52 bits per heavy atom. The van der Waals surface area contributed by atoms with Gasteiger partial charge in [-0.25, -0.2) is 0 Å². The fraction of sp³-hybridized carbons (Fsp3) is 1.00. The van der Waals surface area contributed by atoms with Gasteiger partial charge in [-0.05, 0) is 43.7 Å². The second kappa shape index (κ2) is 26.0. The molecule has 0 aliphatic carbocycles. The van der Waals surface area contributed by atoms with Crippen molar-refractivity contribution in [1.29, 1.82) is 0 Å². The Morgan fingerprint density at radius 3 is 2.00 bits per heavy atom. The minimum Gasteiger partial charge on any atom is -0.412 e. The van der Waals surface area contributed by atoms with Gasteiger partial charge >= 0.3 is 0 Å². The van der Waals surface area contributed by atoms with Gasteiger partial charge in [0.05, 0.1) is 20.1 Å². The first-order valence-electron chi connectivity index (χ1n) is 9.13. The summed E-state index contributed by atoms with van der Waals surface area (Å²) in [5, 5.41) is 14.8. The fourth-order valence-corrected chi connectivity index (χ4v) is 2.03. The molecular weight excluding hydrogens is 324 g/mol. The molecule has 0 aromatic carbocycles. The number of methoxy groups -OCH3 is 1. The summed E-state index contributed by atoms with van der Waals surface area (Å²) in [6.45, 7) is 15.4. The maximum atomic E-state index is 8.59. The van der Waals surface area contributed by atoms with Gasteiger partial charge in [0.1, 0.15) is 0 Å². The first-order chi connectivity index (χ1) is 11.0. The molecule has 3 unspecified atom stereocenters. The molecular formula is C18H46N2O5. The summed E-state index contributed by atoms with van der Waals surface area (Å²) in [7, 11) is 1.68. The average molecular weight is 371 g/mol. The van der Waals surface area contributed by atoms with Crippen molar-refractivity contribution < 1.29 is 25.5 Å². The van der Waals surface area contributed by atoms with Gasteiger partial charge in [-0.15, -0.1) is 0 Å². The lowest BCUT2D eigenvalue weighted by atomic mass is 9.84. The zero-order valence-electron chi connectivity index (χ0n) is 17.4. The average Bonchev–Trinajstić information content (AvgIpc) is 2.57. The van der Waals surface area contributed by atoms with Crippen LogP contribution >= 0.6 is 0 Å². The van der Waals surface area contributed by atoms with Crippen molar-refractivity contribution in [2.75, 3.05) is 46.9 Å². The summed E-state index contributed by atoms with van der Waals surface area (Å²) in [4.78, 5) is 0. The first kappa shape index (κ1) is 32.4. The van der Waals surface area contributed by atoms with Gasteiger partial charge in [0.25, 0.3) is 0 Å². The van der Waals surface area contributed by atoms with Crippen LogP contribution in [0, 0.1) is 17.8 Å². The van der Waals surface area contributed by atoms with E-state index < -0.39 is 0 Å². The molecule has 0 aliphatic heterocycles. The molecule has 7 nitrogen and oxygen atoms in total. The number of rotatable bonds is 14. The van der Waals surface area contributed by atoms with Crippen molar-refractivity contribution >= 4 is 0 Å². The topological polar surface area (TPSA) is 126 Å². The second-order valence-electron chi connectivity index (χ2n) is 6.25. The summed E-state index contributed by atoms with van der Waals surface area (Å²) in [6, 6.07) is 0. The van der Waals surface area contributed by atoms with Crippen molar-refractivity contribution in [3.63, 3.8) is 0 Å². The second-order valence-corrected chi connectivity index (χ2v) is 6.25. The molecule has 158 valence electrons.